The van der Waals surface area contributed by atoms with E-state index in [1.165, 1.54) is 18.4 Å². The van der Waals surface area contributed by atoms with Crippen molar-refractivity contribution in [3.63, 3.8) is 0 Å². The third-order valence-corrected chi connectivity index (χ3v) is 3.20. The first kappa shape index (κ1) is 10.7. The summed E-state index contributed by atoms with van der Waals surface area (Å²) < 4.78 is 0. The lowest BCUT2D eigenvalue weighted by atomic mass is 9.99. The highest BCUT2D eigenvalue weighted by Gasteiger charge is 2.23. The molecule has 2 rings (SSSR count). The molecule has 0 amide bonds. The van der Waals surface area contributed by atoms with Gasteiger partial charge in [0.15, 0.2) is 0 Å². The highest BCUT2D eigenvalue weighted by atomic mass is 16.3. The zero-order valence-electron chi connectivity index (χ0n) is 9.19. The monoisotopic (exact) mass is 205 g/mol. The maximum absolute atomic E-state index is 9.91. The van der Waals surface area contributed by atoms with Crippen molar-refractivity contribution < 1.29 is 5.11 Å². The van der Waals surface area contributed by atoms with E-state index >= 15 is 0 Å². The smallest absolute Gasteiger partial charge is 0.0940 e. The molecule has 1 aliphatic rings. The average Bonchev–Trinajstić information content (AvgIpc) is 3.11. The predicted molar refractivity (Wildman–Crippen MR) is 61.6 cm³/mol. The molecule has 0 bridgehead atoms. The van der Waals surface area contributed by atoms with Gasteiger partial charge in [0.1, 0.15) is 0 Å². The fourth-order valence-corrected chi connectivity index (χ4v) is 1.85. The van der Waals surface area contributed by atoms with Crippen LogP contribution in [0.1, 0.15) is 49.3 Å². The van der Waals surface area contributed by atoms with E-state index in [2.05, 4.69) is 12.1 Å². The SMILES string of the molecule is CCC(N)C(O)c1ccc(C2CC2)cc1. The molecule has 15 heavy (non-hydrogen) atoms. The second-order valence-electron chi connectivity index (χ2n) is 4.46. The van der Waals surface area contributed by atoms with Crippen LogP contribution in [0.25, 0.3) is 0 Å². The van der Waals surface area contributed by atoms with Crippen molar-refractivity contribution in [3.05, 3.63) is 35.4 Å². The summed E-state index contributed by atoms with van der Waals surface area (Å²) in [7, 11) is 0. The van der Waals surface area contributed by atoms with E-state index in [9.17, 15) is 5.11 Å². The highest BCUT2D eigenvalue weighted by molar-refractivity contribution is 5.29. The maximum atomic E-state index is 9.91. The standard InChI is InChI=1S/C13H19NO/c1-2-12(14)13(15)11-7-5-10(6-8-11)9-3-4-9/h5-9,12-13,15H,2-4,14H2,1H3. The molecule has 82 valence electrons. The van der Waals surface area contributed by atoms with E-state index in [1.807, 2.05) is 19.1 Å². The fourth-order valence-electron chi connectivity index (χ4n) is 1.85. The fraction of sp³-hybridized carbons (Fsp3) is 0.538. The lowest BCUT2D eigenvalue weighted by Gasteiger charge is -2.17. The van der Waals surface area contributed by atoms with E-state index in [0.717, 1.165) is 17.9 Å². The molecule has 2 atom stereocenters. The third-order valence-electron chi connectivity index (χ3n) is 3.20. The van der Waals surface area contributed by atoms with Crippen LogP contribution in [0.4, 0.5) is 0 Å². The molecule has 1 saturated carbocycles. The molecule has 2 nitrogen and oxygen atoms in total. The van der Waals surface area contributed by atoms with Gasteiger partial charge in [0.2, 0.25) is 0 Å². The zero-order valence-corrected chi connectivity index (χ0v) is 9.19. The van der Waals surface area contributed by atoms with Crippen LogP contribution in [-0.2, 0) is 0 Å². The maximum Gasteiger partial charge on any atom is 0.0940 e. The highest BCUT2D eigenvalue weighted by Crippen LogP contribution is 2.40. The van der Waals surface area contributed by atoms with E-state index in [-0.39, 0.29) is 6.04 Å². The third kappa shape index (κ3) is 2.39. The number of aliphatic hydroxyl groups excluding tert-OH is 1. The summed E-state index contributed by atoms with van der Waals surface area (Å²) >= 11 is 0. The van der Waals surface area contributed by atoms with Crippen LogP contribution in [0.3, 0.4) is 0 Å². The van der Waals surface area contributed by atoms with Crippen LogP contribution >= 0.6 is 0 Å². The Bertz CT molecular complexity index is 316. The first-order valence-corrected chi connectivity index (χ1v) is 5.76. The van der Waals surface area contributed by atoms with E-state index < -0.39 is 6.10 Å². The number of benzene rings is 1. The van der Waals surface area contributed by atoms with E-state index in [0.29, 0.717) is 0 Å². The Labute approximate surface area is 91.1 Å². The molecule has 0 aromatic heterocycles. The summed E-state index contributed by atoms with van der Waals surface area (Å²) in [5, 5.41) is 9.91. The van der Waals surface area contributed by atoms with Gasteiger partial charge in [-0.05, 0) is 36.3 Å². The topological polar surface area (TPSA) is 46.2 Å². The van der Waals surface area contributed by atoms with E-state index in [4.69, 9.17) is 5.73 Å². The number of hydrogen-bond donors (Lipinski definition) is 2. The largest absolute Gasteiger partial charge is 0.387 e. The van der Waals surface area contributed by atoms with Gasteiger partial charge in [-0.25, -0.2) is 0 Å². The molecule has 2 heteroatoms. The molecule has 0 spiro atoms. The Hall–Kier alpha value is -0.860. The van der Waals surface area contributed by atoms with Crippen LogP contribution in [0.5, 0.6) is 0 Å². The normalized spacial score (nSPS) is 19.9. The van der Waals surface area contributed by atoms with Crippen LogP contribution < -0.4 is 5.73 Å². The van der Waals surface area contributed by atoms with Gasteiger partial charge in [0.05, 0.1) is 6.10 Å². The van der Waals surface area contributed by atoms with Crippen molar-refractivity contribution in [1.82, 2.24) is 0 Å². The van der Waals surface area contributed by atoms with Crippen molar-refractivity contribution in [2.75, 3.05) is 0 Å². The Morgan fingerprint density at radius 2 is 1.93 bits per heavy atom. The van der Waals surface area contributed by atoms with Crippen molar-refractivity contribution in [3.8, 4) is 0 Å². The van der Waals surface area contributed by atoms with Gasteiger partial charge in [0, 0.05) is 6.04 Å². The molecule has 0 radical (unpaired) electrons. The molecule has 3 N–H and O–H groups in total. The summed E-state index contributed by atoms with van der Waals surface area (Å²) in [6, 6.07) is 8.11. The molecular formula is C13H19NO. The first-order chi connectivity index (χ1) is 7.22. The Kier molecular flexibility index (Phi) is 3.08. The van der Waals surface area contributed by atoms with Gasteiger partial charge in [-0.3, -0.25) is 0 Å². The van der Waals surface area contributed by atoms with Crippen LogP contribution in [0.15, 0.2) is 24.3 Å². The molecule has 1 fully saturated rings. The van der Waals surface area contributed by atoms with Gasteiger partial charge in [0.25, 0.3) is 0 Å². The minimum atomic E-state index is -0.525. The molecule has 1 aliphatic carbocycles. The molecule has 0 saturated heterocycles. The van der Waals surface area contributed by atoms with Crippen molar-refractivity contribution >= 4 is 0 Å². The Morgan fingerprint density at radius 1 is 1.33 bits per heavy atom. The van der Waals surface area contributed by atoms with E-state index in [1.54, 1.807) is 0 Å². The number of rotatable bonds is 4. The minimum absolute atomic E-state index is 0.156. The molecule has 1 aromatic rings. The number of aliphatic hydroxyl groups is 1. The number of nitrogens with two attached hydrogens (primary N) is 1. The van der Waals surface area contributed by atoms with Gasteiger partial charge in [-0.15, -0.1) is 0 Å². The summed E-state index contributed by atoms with van der Waals surface area (Å²) in [5.41, 5.74) is 8.15. The van der Waals surface area contributed by atoms with Crippen LogP contribution in [0, 0.1) is 0 Å². The molecular weight excluding hydrogens is 186 g/mol. The second-order valence-corrected chi connectivity index (χ2v) is 4.46. The summed E-state index contributed by atoms with van der Waals surface area (Å²) in [6.07, 6.45) is 2.90. The molecule has 1 aromatic carbocycles. The predicted octanol–water partition coefficient (Wildman–Crippen LogP) is 2.33. The average molecular weight is 205 g/mol. The summed E-state index contributed by atoms with van der Waals surface area (Å²) in [6.45, 7) is 1.99. The quantitative estimate of drug-likeness (QED) is 0.792. The molecule has 2 unspecified atom stereocenters. The van der Waals surface area contributed by atoms with Crippen LogP contribution in [-0.4, -0.2) is 11.1 Å². The second kappa shape index (κ2) is 4.33. The van der Waals surface area contributed by atoms with Crippen LogP contribution in [0.2, 0.25) is 0 Å². The lowest BCUT2D eigenvalue weighted by Crippen LogP contribution is -2.27. The summed E-state index contributed by atoms with van der Waals surface area (Å²) in [5.74, 6) is 0.774. The van der Waals surface area contributed by atoms with Crippen molar-refractivity contribution in [2.45, 2.75) is 44.2 Å². The van der Waals surface area contributed by atoms with Gasteiger partial charge in [-0.1, -0.05) is 31.2 Å². The van der Waals surface area contributed by atoms with Gasteiger partial charge < -0.3 is 10.8 Å². The van der Waals surface area contributed by atoms with Crippen molar-refractivity contribution in [1.29, 1.82) is 0 Å². The Balaban J connectivity index is 2.08. The van der Waals surface area contributed by atoms with Crippen molar-refractivity contribution in [2.24, 2.45) is 5.73 Å². The zero-order chi connectivity index (χ0) is 10.8. The number of hydrogen-bond acceptors (Lipinski definition) is 2. The minimum Gasteiger partial charge on any atom is -0.387 e. The Morgan fingerprint density at radius 3 is 2.40 bits per heavy atom. The molecule has 0 aliphatic heterocycles. The van der Waals surface area contributed by atoms with Gasteiger partial charge in [-0.2, -0.15) is 0 Å². The first-order valence-electron chi connectivity index (χ1n) is 5.76. The summed E-state index contributed by atoms with van der Waals surface area (Å²) in [4.78, 5) is 0. The van der Waals surface area contributed by atoms with Gasteiger partial charge >= 0.3 is 0 Å². The lowest BCUT2D eigenvalue weighted by molar-refractivity contribution is 0.144. The molecule has 0 heterocycles.